The van der Waals surface area contributed by atoms with Crippen molar-refractivity contribution in [2.45, 2.75) is 11.8 Å². The van der Waals surface area contributed by atoms with Crippen LogP contribution in [0.5, 0.6) is 11.5 Å². The van der Waals surface area contributed by atoms with E-state index >= 15 is 0 Å². The molecule has 164 valence electrons. The molecular weight excluding hydrogens is 430 g/mol. The summed E-state index contributed by atoms with van der Waals surface area (Å²) >= 11 is 0. The molecule has 0 unspecified atom stereocenters. The normalized spacial score (nSPS) is 11.2. The monoisotopic (exact) mass is 451 g/mol. The highest BCUT2D eigenvalue weighted by atomic mass is 32.2. The number of aromatic nitrogens is 2. The summed E-state index contributed by atoms with van der Waals surface area (Å²) < 4.78 is 44.8. The van der Waals surface area contributed by atoms with Crippen molar-refractivity contribution < 1.29 is 22.4 Å². The van der Waals surface area contributed by atoms with Gasteiger partial charge in [-0.1, -0.05) is 47.1 Å². The van der Waals surface area contributed by atoms with Gasteiger partial charge in [-0.25, -0.2) is 8.42 Å². The number of sulfonamides is 1. The Hall–Kier alpha value is -3.85. The average molecular weight is 452 g/mol. The molecule has 0 saturated heterocycles. The van der Waals surface area contributed by atoms with Crippen LogP contribution in [0, 0.1) is 6.92 Å². The first-order chi connectivity index (χ1) is 15.4. The molecule has 1 heterocycles. The summed E-state index contributed by atoms with van der Waals surface area (Å²) in [6.45, 7) is 1.98. The zero-order valence-corrected chi connectivity index (χ0v) is 18.5. The average Bonchev–Trinajstić information content (AvgIpc) is 3.29. The lowest BCUT2D eigenvalue weighted by Gasteiger charge is -2.12. The lowest BCUT2D eigenvalue weighted by Crippen LogP contribution is -2.14. The van der Waals surface area contributed by atoms with E-state index in [1.54, 1.807) is 36.4 Å². The summed E-state index contributed by atoms with van der Waals surface area (Å²) in [4.78, 5) is 4.41. The van der Waals surface area contributed by atoms with Crippen LogP contribution in [0.3, 0.4) is 0 Å². The molecule has 4 aromatic rings. The molecule has 0 aliphatic rings. The van der Waals surface area contributed by atoms with Crippen molar-refractivity contribution in [1.29, 1.82) is 0 Å². The van der Waals surface area contributed by atoms with Crippen LogP contribution in [0.15, 0.2) is 76.1 Å². The number of hydrogen-bond acceptors (Lipinski definition) is 7. The van der Waals surface area contributed by atoms with Crippen LogP contribution in [-0.2, 0) is 10.0 Å². The fraction of sp³-hybridized carbons (Fsp3) is 0.130. The molecule has 0 bridgehead atoms. The van der Waals surface area contributed by atoms with E-state index in [9.17, 15) is 8.42 Å². The summed E-state index contributed by atoms with van der Waals surface area (Å²) in [6, 6.07) is 18.8. The number of nitrogens with zero attached hydrogens (tertiary/aromatic N) is 2. The first-order valence-electron chi connectivity index (χ1n) is 9.65. The molecule has 0 radical (unpaired) electrons. The molecule has 1 N–H and O–H groups in total. The van der Waals surface area contributed by atoms with E-state index in [2.05, 4.69) is 14.9 Å². The van der Waals surface area contributed by atoms with Gasteiger partial charge in [-0.15, -0.1) is 0 Å². The zero-order chi connectivity index (χ0) is 22.7. The largest absolute Gasteiger partial charge is 0.497 e. The Kier molecular flexibility index (Phi) is 5.83. The summed E-state index contributed by atoms with van der Waals surface area (Å²) in [7, 11) is -1.01. The van der Waals surface area contributed by atoms with Gasteiger partial charge in [0, 0.05) is 23.8 Å². The minimum atomic E-state index is -3.99. The molecule has 0 amide bonds. The van der Waals surface area contributed by atoms with Crippen molar-refractivity contribution in [3.8, 4) is 34.3 Å². The van der Waals surface area contributed by atoms with Crippen LogP contribution in [-0.4, -0.2) is 32.8 Å². The van der Waals surface area contributed by atoms with Gasteiger partial charge < -0.3 is 14.0 Å². The fourth-order valence-corrected chi connectivity index (χ4v) is 4.35. The van der Waals surface area contributed by atoms with Gasteiger partial charge in [-0.05, 0) is 19.1 Å². The van der Waals surface area contributed by atoms with Gasteiger partial charge in [0.2, 0.25) is 5.82 Å². The maximum atomic E-state index is 13.2. The van der Waals surface area contributed by atoms with Crippen LogP contribution in [0.4, 0.5) is 5.69 Å². The third kappa shape index (κ3) is 4.42. The molecule has 3 aromatic carbocycles. The van der Waals surface area contributed by atoms with Crippen LogP contribution >= 0.6 is 0 Å². The second kappa shape index (κ2) is 8.72. The number of anilines is 1. The van der Waals surface area contributed by atoms with E-state index in [0.29, 0.717) is 28.6 Å². The van der Waals surface area contributed by atoms with E-state index in [0.717, 1.165) is 11.1 Å². The second-order valence-corrected chi connectivity index (χ2v) is 8.64. The van der Waals surface area contributed by atoms with Crippen molar-refractivity contribution in [1.82, 2.24) is 10.1 Å². The van der Waals surface area contributed by atoms with Crippen LogP contribution < -0.4 is 14.2 Å². The molecule has 0 saturated carbocycles. The van der Waals surface area contributed by atoms with E-state index in [1.807, 2.05) is 31.2 Å². The standard InChI is InChI=1S/C23H21N3O5S/c1-15-8-10-16(11-9-15)22-24-23(31-25-22)20-6-4-5-7-21(20)32(27,28)26-17-12-18(29-2)14-19(13-17)30-3/h4-14,26H,1-3H3. The van der Waals surface area contributed by atoms with E-state index in [4.69, 9.17) is 14.0 Å². The van der Waals surface area contributed by atoms with Crippen molar-refractivity contribution in [2.24, 2.45) is 0 Å². The number of ether oxygens (including phenoxy) is 2. The van der Waals surface area contributed by atoms with Gasteiger partial charge in [0.05, 0.1) is 25.5 Å². The molecule has 1 aromatic heterocycles. The molecule has 0 fully saturated rings. The minimum absolute atomic E-state index is 0.000827. The highest BCUT2D eigenvalue weighted by Gasteiger charge is 2.23. The molecule has 4 rings (SSSR count). The topological polar surface area (TPSA) is 104 Å². The molecule has 9 heteroatoms. The second-order valence-electron chi connectivity index (χ2n) is 6.99. The van der Waals surface area contributed by atoms with Gasteiger partial charge in [-0.3, -0.25) is 4.72 Å². The van der Waals surface area contributed by atoms with Gasteiger partial charge in [0.15, 0.2) is 0 Å². The highest BCUT2D eigenvalue weighted by Crippen LogP contribution is 2.31. The molecular formula is C23H21N3O5S. The lowest BCUT2D eigenvalue weighted by molar-refractivity contribution is 0.395. The zero-order valence-electron chi connectivity index (χ0n) is 17.7. The van der Waals surface area contributed by atoms with E-state index in [-0.39, 0.29) is 10.8 Å². The maximum absolute atomic E-state index is 13.2. The Morgan fingerprint density at radius 1 is 0.906 bits per heavy atom. The van der Waals surface area contributed by atoms with Crippen molar-refractivity contribution in [2.75, 3.05) is 18.9 Å². The summed E-state index contributed by atoms with van der Waals surface area (Å²) in [5.74, 6) is 1.38. The summed E-state index contributed by atoms with van der Waals surface area (Å²) in [5.41, 5.74) is 2.46. The third-order valence-electron chi connectivity index (χ3n) is 4.75. The van der Waals surface area contributed by atoms with Gasteiger partial charge >= 0.3 is 0 Å². The van der Waals surface area contributed by atoms with Crippen LogP contribution in [0.1, 0.15) is 5.56 Å². The fourth-order valence-electron chi connectivity index (χ4n) is 3.11. The lowest BCUT2D eigenvalue weighted by atomic mass is 10.1. The minimum Gasteiger partial charge on any atom is -0.497 e. The first kappa shape index (κ1) is 21.4. The number of methoxy groups -OCH3 is 2. The molecule has 0 aliphatic carbocycles. The Morgan fingerprint density at radius 2 is 1.56 bits per heavy atom. The Balaban J connectivity index is 1.70. The van der Waals surface area contributed by atoms with Crippen LogP contribution in [0.25, 0.3) is 22.8 Å². The predicted molar refractivity (Wildman–Crippen MR) is 120 cm³/mol. The van der Waals surface area contributed by atoms with Crippen molar-refractivity contribution >= 4 is 15.7 Å². The van der Waals surface area contributed by atoms with Crippen LogP contribution in [0.2, 0.25) is 0 Å². The number of nitrogens with one attached hydrogen (secondary N) is 1. The molecule has 0 aliphatic heterocycles. The maximum Gasteiger partial charge on any atom is 0.262 e. The number of benzene rings is 3. The molecule has 0 atom stereocenters. The Morgan fingerprint density at radius 3 is 2.22 bits per heavy atom. The molecule has 8 nitrogen and oxygen atoms in total. The summed E-state index contributed by atoms with van der Waals surface area (Å²) in [6.07, 6.45) is 0. The highest BCUT2D eigenvalue weighted by molar-refractivity contribution is 7.92. The van der Waals surface area contributed by atoms with Gasteiger partial charge in [0.25, 0.3) is 15.9 Å². The Bertz CT molecular complexity index is 1330. The van der Waals surface area contributed by atoms with Gasteiger partial charge in [-0.2, -0.15) is 4.98 Å². The number of aryl methyl sites for hydroxylation is 1. The predicted octanol–water partition coefficient (Wildman–Crippen LogP) is 4.53. The number of hydrogen-bond donors (Lipinski definition) is 1. The molecule has 0 spiro atoms. The van der Waals surface area contributed by atoms with Crippen molar-refractivity contribution in [3.05, 3.63) is 72.3 Å². The first-order valence-corrected chi connectivity index (χ1v) is 11.1. The number of rotatable bonds is 7. The van der Waals surface area contributed by atoms with Crippen molar-refractivity contribution in [3.63, 3.8) is 0 Å². The van der Waals surface area contributed by atoms with E-state index in [1.165, 1.54) is 20.3 Å². The Labute approximate surface area is 185 Å². The molecule has 32 heavy (non-hydrogen) atoms. The SMILES string of the molecule is COc1cc(NS(=O)(=O)c2ccccc2-c2nc(-c3ccc(C)cc3)no2)cc(OC)c1. The summed E-state index contributed by atoms with van der Waals surface area (Å²) in [5, 5.41) is 4.01. The van der Waals surface area contributed by atoms with E-state index < -0.39 is 10.0 Å². The van der Waals surface area contributed by atoms with Gasteiger partial charge in [0.1, 0.15) is 16.4 Å². The quantitative estimate of drug-likeness (QED) is 0.440. The smallest absolute Gasteiger partial charge is 0.262 e. The third-order valence-corrected chi connectivity index (χ3v) is 6.19.